The van der Waals surface area contributed by atoms with E-state index in [0.29, 0.717) is 27.7 Å². The third kappa shape index (κ3) is 3.96. The molecule has 5 rings (SSSR count). The summed E-state index contributed by atoms with van der Waals surface area (Å²) in [5.41, 5.74) is 0.868. The molecule has 3 heterocycles. The van der Waals surface area contributed by atoms with E-state index in [0.717, 1.165) is 0 Å². The number of benzene rings is 2. The van der Waals surface area contributed by atoms with Crippen molar-refractivity contribution >= 4 is 21.9 Å². The highest BCUT2D eigenvalue weighted by Crippen LogP contribution is 2.44. The zero-order chi connectivity index (χ0) is 25.7. The summed E-state index contributed by atoms with van der Waals surface area (Å²) in [4.78, 5) is 10.2. The monoisotopic (exact) mass is 501 g/mol. The van der Waals surface area contributed by atoms with Crippen LogP contribution < -0.4 is 14.9 Å². The van der Waals surface area contributed by atoms with Crippen molar-refractivity contribution in [3.8, 4) is 28.6 Å². The van der Waals surface area contributed by atoms with Crippen LogP contribution in [0.3, 0.4) is 0 Å². The number of aliphatic hydroxyl groups is 4. The average Bonchev–Trinajstić information content (AvgIpc) is 2.85. The summed E-state index contributed by atoms with van der Waals surface area (Å²) in [5.74, 6) is 0.712. The Kier molecular flexibility index (Phi) is 6.10. The lowest BCUT2D eigenvalue weighted by Gasteiger charge is -2.39. The number of aryl methyl sites for hydroxylation is 1. The first kappa shape index (κ1) is 24.1. The third-order valence-electron chi connectivity index (χ3n) is 6.13. The van der Waals surface area contributed by atoms with Gasteiger partial charge in [0.25, 0.3) is 0 Å². The van der Waals surface area contributed by atoms with Crippen LogP contribution in [0.2, 0.25) is 0 Å². The van der Waals surface area contributed by atoms with Crippen molar-refractivity contribution in [3.05, 3.63) is 47.6 Å². The van der Waals surface area contributed by atoms with Crippen molar-refractivity contribution in [3.63, 3.8) is 0 Å². The van der Waals surface area contributed by atoms with Crippen LogP contribution in [0.15, 0.2) is 45.2 Å². The van der Waals surface area contributed by atoms with Gasteiger partial charge < -0.3 is 48.6 Å². The lowest BCUT2D eigenvalue weighted by Crippen LogP contribution is -2.60. The van der Waals surface area contributed by atoms with E-state index in [1.54, 1.807) is 19.1 Å². The maximum absolute atomic E-state index is 10.6. The van der Waals surface area contributed by atoms with Crippen molar-refractivity contribution in [1.82, 2.24) is 0 Å². The Balaban J connectivity index is 1.77. The molecule has 0 radical (unpaired) electrons. The Morgan fingerprint density at radius 2 is 1.69 bits per heavy atom. The van der Waals surface area contributed by atoms with Crippen molar-refractivity contribution in [2.75, 3.05) is 13.7 Å². The summed E-state index contributed by atoms with van der Waals surface area (Å²) >= 11 is 0. The summed E-state index contributed by atoms with van der Waals surface area (Å²) in [7, 11) is 1.39. The van der Waals surface area contributed by atoms with E-state index in [-0.39, 0.29) is 34.0 Å². The lowest BCUT2D eigenvalue weighted by atomic mass is 9.99. The standard InChI is InChI=1S/C25H24O11/c1-10-5-13-19-16(33-10)7-12(27)8-17(19)34-23(11-3-4-14(28)15(6-11)32-2)24(13)36-25-22(31)21(30)20(29)18(9-26)35-25/h3-8,18,20-22,25-26,28-31H,9H2,1-2H3/p+1/t18-,20-,21+,22-,25+/m1/s1. The Morgan fingerprint density at radius 3 is 2.39 bits per heavy atom. The highest BCUT2D eigenvalue weighted by Gasteiger charge is 2.45. The van der Waals surface area contributed by atoms with Gasteiger partial charge in [-0.2, -0.15) is 0 Å². The minimum atomic E-state index is -1.67. The van der Waals surface area contributed by atoms with Crippen LogP contribution in [-0.2, 0) is 4.74 Å². The van der Waals surface area contributed by atoms with Gasteiger partial charge in [-0.25, -0.2) is 0 Å². The molecule has 11 nitrogen and oxygen atoms in total. The van der Waals surface area contributed by atoms with Gasteiger partial charge >= 0.3 is 5.43 Å². The first-order valence-corrected chi connectivity index (χ1v) is 11.1. The van der Waals surface area contributed by atoms with Crippen molar-refractivity contribution < 1.29 is 53.4 Å². The third-order valence-corrected chi connectivity index (χ3v) is 6.13. The number of hydrogen-bond acceptors (Lipinski definition) is 10. The number of aliphatic hydroxyl groups excluding tert-OH is 4. The van der Waals surface area contributed by atoms with E-state index in [2.05, 4.69) is 0 Å². The molecule has 1 aliphatic heterocycles. The fourth-order valence-corrected chi connectivity index (χ4v) is 4.35. The van der Waals surface area contributed by atoms with Crippen molar-refractivity contribution in [2.45, 2.75) is 37.6 Å². The predicted molar refractivity (Wildman–Crippen MR) is 124 cm³/mol. The molecule has 36 heavy (non-hydrogen) atoms. The van der Waals surface area contributed by atoms with Crippen molar-refractivity contribution in [1.29, 1.82) is 0 Å². The molecule has 1 aliphatic rings. The van der Waals surface area contributed by atoms with E-state index in [4.69, 9.17) is 23.0 Å². The minimum absolute atomic E-state index is 0.0779. The largest absolute Gasteiger partial charge is 0.504 e. The highest BCUT2D eigenvalue weighted by atomic mass is 16.7. The molecule has 0 amide bonds. The summed E-state index contributed by atoms with van der Waals surface area (Å²) in [5, 5.41) is 51.6. The molecule has 0 saturated carbocycles. The summed E-state index contributed by atoms with van der Waals surface area (Å²) < 4.78 is 28.8. The van der Waals surface area contributed by atoms with Gasteiger partial charge in [0.2, 0.25) is 6.29 Å². The van der Waals surface area contributed by atoms with E-state index in [9.17, 15) is 30.3 Å². The highest BCUT2D eigenvalue weighted by molar-refractivity contribution is 6.09. The number of hydrogen-bond donors (Lipinski definition) is 5. The first-order chi connectivity index (χ1) is 17.2. The van der Waals surface area contributed by atoms with Gasteiger partial charge in [0.1, 0.15) is 41.3 Å². The molecule has 4 aromatic rings. The molecule has 190 valence electrons. The van der Waals surface area contributed by atoms with E-state index in [1.807, 2.05) is 0 Å². The van der Waals surface area contributed by atoms with E-state index in [1.165, 1.54) is 31.4 Å². The molecule has 0 unspecified atom stereocenters. The maximum Gasteiger partial charge on any atom is 0.347 e. The molecule has 6 N–H and O–H groups in total. The fourth-order valence-electron chi connectivity index (χ4n) is 4.35. The molecule has 11 heteroatoms. The number of aromatic hydroxyl groups is 1. The summed E-state index contributed by atoms with van der Waals surface area (Å²) in [6, 6.07) is 8.94. The van der Waals surface area contributed by atoms with Crippen LogP contribution in [0.5, 0.6) is 17.2 Å². The molecule has 2 aromatic carbocycles. The van der Waals surface area contributed by atoms with Crippen molar-refractivity contribution in [2.24, 2.45) is 0 Å². The second-order valence-corrected chi connectivity index (χ2v) is 8.55. The predicted octanol–water partition coefficient (Wildman–Crippen LogP) is 1.05. The molecule has 0 spiro atoms. The van der Waals surface area contributed by atoms with E-state index < -0.39 is 37.3 Å². The SMILES string of the molecule is COc1cc(-c2oc3cc(=[OH+])cc4oc(C)cc(c2O[C@@H]2O[C@H](CO)[C@@H](O)[C@H](O)[C@H]2O)c43)ccc1O. The van der Waals surface area contributed by atoms with Gasteiger partial charge in [0, 0.05) is 10.9 Å². The van der Waals surface area contributed by atoms with Crippen LogP contribution in [0.25, 0.3) is 33.3 Å². The van der Waals surface area contributed by atoms with Crippen LogP contribution >= 0.6 is 0 Å². The molecule has 0 aliphatic carbocycles. The number of phenolic OH excluding ortho intramolecular Hbond substituents is 1. The minimum Gasteiger partial charge on any atom is -0.504 e. The Labute approximate surface area is 203 Å². The zero-order valence-electron chi connectivity index (χ0n) is 19.3. The lowest BCUT2D eigenvalue weighted by molar-refractivity contribution is -0.277. The number of phenols is 1. The molecule has 5 atom stereocenters. The molecular weight excluding hydrogens is 476 g/mol. The molecule has 0 bridgehead atoms. The number of ether oxygens (including phenoxy) is 3. The molecule has 1 fully saturated rings. The smallest absolute Gasteiger partial charge is 0.347 e. The van der Waals surface area contributed by atoms with Gasteiger partial charge in [-0.3, -0.25) is 4.79 Å². The second kappa shape index (κ2) is 9.12. The second-order valence-electron chi connectivity index (χ2n) is 8.55. The number of rotatable bonds is 5. The van der Waals surface area contributed by atoms with Gasteiger partial charge in [-0.1, -0.05) is 0 Å². The van der Waals surface area contributed by atoms with Crippen LogP contribution in [0, 0.1) is 6.92 Å². The van der Waals surface area contributed by atoms with Gasteiger partial charge in [0.15, 0.2) is 23.0 Å². The fraction of sp³-hybridized carbons (Fsp3) is 0.320. The van der Waals surface area contributed by atoms with Gasteiger partial charge in [0.05, 0.1) is 31.2 Å². The quantitative estimate of drug-likeness (QED) is 0.248. The normalized spacial score (nSPS) is 24.3. The van der Waals surface area contributed by atoms with Gasteiger partial charge in [-0.05, 0) is 31.2 Å². The average molecular weight is 501 g/mol. The van der Waals surface area contributed by atoms with Crippen LogP contribution in [0.1, 0.15) is 5.76 Å². The molecule has 1 saturated heterocycles. The Bertz CT molecular complexity index is 1490. The number of methoxy groups -OCH3 is 1. The Hall–Kier alpha value is -3.61. The topological polar surface area (TPSA) is 177 Å². The zero-order valence-corrected chi connectivity index (χ0v) is 19.3. The molecular formula is C25H25O11+. The van der Waals surface area contributed by atoms with Crippen LogP contribution in [0.4, 0.5) is 0 Å². The Morgan fingerprint density at radius 1 is 0.972 bits per heavy atom. The van der Waals surface area contributed by atoms with Crippen LogP contribution in [-0.4, -0.2) is 74.7 Å². The summed E-state index contributed by atoms with van der Waals surface area (Å²) in [6.45, 7) is 1.07. The maximum atomic E-state index is 10.6. The summed E-state index contributed by atoms with van der Waals surface area (Å²) in [6.07, 6.45) is -7.57. The van der Waals surface area contributed by atoms with Gasteiger partial charge in [-0.15, -0.1) is 0 Å². The first-order valence-electron chi connectivity index (χ1n) is 11.1. The molecule has 2 aromatic heterocycles. The van der Waals surface area contributed by atoms with E-state index >= 15 is 0 Å².